The number of carbonyl (C=O) groups is 2. The first-order valence-corrected chi connectivity index (χ1v) is 5.40. The van der Waals surface area contributed by atoms with Crippen LogP contribution >= 0.6 is 0 Å². The standard InChI is InChI=1S/C14H12O4/c1-9-7-12(13(8-15)18-9)10-3-5-11(6-4-10)14(16)17-2/h3-8H,1-2H3. The molecule has 0 saturated heterocycles. The molecule has 1 aromatic heterocycles. The molecule has 0 radical (unpaired) electrons. The summed E-state index contributed by atoms with van der Waals surface area (Å²) in [7, 11) is 1.33. The molecule has 92 valence electrons. The Morgan fingerprint density at radius 2 is 1.94 bits per heavy atom. The average molecular weight is 244 g/mol. The number of carbonyl (C=O) groups excluding carboxylic acids is 2. The molecule has 0 amide bonds. The highest BCUT2D eigenvalue weighted by atomic mass is 16.5. The monoisotopic (exact) mass is 244 g/mol. The Bertz CT molecular complexity index is 578. The van der Waals surface area contributed by atoms with Crippen molar-refractivity contribution in [3.8, 4) is 11.1 Å². The maximum Gasteiger partial charge on any atom is 0.337 e. The van der Waals surface area contributed by atoms with E-state index in [1.807, 2.05) is 0 Å². The molecule has 0 aliphatic heterocycles. The second-order valence-electron chi connectivity index (χ2n) is 3.82. The lowest BCUT2D eigenvalue weighted by Gasteiger charge is -2.01. The van der Waals surface area contributed by atoms with Gasteiger partial charge < -0.3 is 9.15 Å². The summed E-state index contributed by atoms with van der Waals surface area (Å²) in [5, 5.41) is 0. The lowest BCUT2D eigenvalue weighted by atomic mass is 10.0. The van der Waals surface area contributed by atoms with Crippen LogP contribution in [0.3, 0.4) is 0 Å². The quantitative estimate of drug-likeness (QED) is 0.615. The molecule has 0 saturated carbocycles. The van der Waals surface area contributed by atoms with Crippen molar-refractivity contribution in [1.82, 2.24) is 0 Å². The fraction of sp³-hybridized carbons (Fsp3) is 0.143. The first kappa shape index (κ1) is 12.1. The molecule has 2 aromatic rings. The molecule has 0 fully saturated rings. The molecule has 0 spiro atoms. The van der Waals surface area contributed by atoms with E-state index in [0.29, 0.717) is 23.4 Å². The van der Waals surface area contributed by atoms with Gasteiger partial charge in [-0.3, -0.25) is 4.79 Å². The molecule has 0 unspecified atom stereocenters. The summed E-state index contributed by atoms with van der Waals surface area (Å²) in [5.41, 5.74) is 2.01. The molecular weight excluding hydrogens is 232 g/mol. The molecule has 4 nitrogen and oxygen atoms in total. The smallest absolute Gasteiger partial charge is 0.337 e. The van der Waals surface area contributed by atoms with Gasteiger partial charge in [-0.1, -0.05) is 12.1 Å². The van der Waals surface area contributed by atoms with Crippen molar-refractivity contribution in [3.05, 3.63) is 47.4 Å². The first-order valence-electron chi connectivity index (χ1n) is 5.40. The zero-order valence-corrected chi connectivity index (χ0v) is 10.1. The summed E-state index contributed by atoms with van der Waals surface area (Å²) in [6.45, 7) is 1.78. The van der Waals surface area contributed by atoms with Crippen molar-refractivity contribution >= 4 is 12.3 Å². The van der Waals surface area contributed by atoms with Crippen molar-refractivity contribution in [2.75, 3.05) is 7.11 Å². The van der Waals surface area contributed by atoms with Gasteiger partial charge in [0.1, 0.15) is 5.76 Å². The third-order valence-electron chi connectivity index (χ3n) is 2.61. The van der Waals surface area contributed by atoms with Crippen molar-refractivity contribution in [2.24, 2.45) is 0 Å². The Labute approximate surface area is 104 Å². The Morgan fingerprint density at radius 1 is 1.28 bits per heavy atom. The van der Waals surface area contributed by atoms with E-state index >= 15 is 0 Å². The molecular formula is C14H12O4. The number of benzene rings is 1. The number of aryl methyl sites for hydroxylation is 1. The Morgan fingerprint density at radius 3 is 2.50 bits per heavy atom. The van der Waals surface area contributed by atoms with E-state index in [0.717, 1.165) is 11.1 Å². The zero-order valence-electron chi connectivity index (χ0n) is 10.1. The largest absolute Gasteiger partial charge is 0.465 e. The predicted molar refractivity (Wildman–Crippen MR) is 65.6 cm³/mol. The van der Waals surface area contributed by atoms with Gasteiger partial charge in [-0.15, -0.1) is 0 Å². The number of methoxy groups -OCH3 is 1. The molecule has 4 heteroatoms. The van der Waals surface area contributed by atoms with Gasteiger partial charge in [0.05, 0.1) is 12.7 Å². The number of hydrogen-bond acceptors (Lipinski definition) is 4. The van der Waals surface area contributed by atoms with Crippen molar-refractivity contribution < 1.29 is 18.7 Å². The van der Waals surface area contributed by atoms with Crippen LogP contribution in [-0.2, 0) is 4.74 Å². The lowest BCUT2D eigenvalue weighted by molar-refractivity contribution is 0.0600. The van der Waals surface area contributed by atoms with Crippen LogP contribution in [0.5, 0.6) is 0 Å². The highest BCUT2D eigenvalue weighted by Gasteiger charge is 2.11. The third-order valence-corrected chi connectivity index (χ3v) is 2.61. The van der Waals surface area contributed by atoms with Gasteiger partial charge in [0.2, 0.25) is 0 Å². The van der Waals surface area contributed by atoms with Crippen molar-refractivity contribution in [1.29, 1.82) is 0 Å². The minimum Gasteiger partial charge on any atom is -0.465 e. The minimum atomic E-state index is -0.388. The van der Waals surface area contributed by atoms with Crippen LogP contribution in [0.4, 0.5) is 0 Å². The average Bonchev–Trinajstić information content (AvgIpc) is 2.79. The number of esters is 1. The van der Waals surface area contributed by atoms with E-state index in [1.54, 1.807) is 37.3 Å². The second-order valence-corrected chi connectivity index (χ2v) is 3.82. The van der Waals surface area contributed by atoms with Gasteiger partial charge in [-0.2, -0.15) is 0 Å². The lowest BCUT2D eigenvalue weighted by Crippen LogP contribution is -2.00. The highest BCUT2D eigenvalue weighted by molar-refractivity contribution is 5.91. The minimum absolute atomic E-state index is 0.290. The summed E-state index contributed by atoms with van der Waals surface area (Å²) in [6, 6.07) is 8.60. The van der Waals surface area contributed by atoms with Crippen LogP contribution in [0.25, 0.3) is 11.1 Å². The van der Waals surface area contributed by atoms with Gasteiger partial charge in [-0.25, -0.2) is 4.79 Å². The summed E-state index contributed by atoms with van der Waals surface area (Å²) in [5.74, 6) is 0.572. The molecule has 0 aliphatic rings. The molecule has 18 heavy (non-hydrogen) atoms. The summed E-state index contributed by atoms with van der Waals surface area (Å²) >= 11 is 0. The van der Waals surface area contributed by atoms with Crippen LogP contribution in [-0.4, -0.2) is 19.4 Å². The molecule has 0 N–H and O–H groups in total. The van der Waals surface area contributed by atoms with Gasteiger partial charge in [-0.05, 0) is 30.7 Å². The Kier molecular flexibility index (Phi) is 3.28. The normalized spacial score (nSPS) is 10.1. The van der Waals surface area contributed by atoms with E-state index in [9.17, 15) is 9.59 Å². The van der Waals surface area contributed by atoms with E-state index < -0.39 is 0 Å². The SMILES string of the molecule is COC(=O)c1ccc(-c2cc(C)oc2C=O)cc1. The van der Waals surface area contributed by atoms with E-state index in [-0.39, 0.29) is 5.97 Å². The molecule has 0 atom stereocenters. The van der Waals surface area contributed by atoms with Gasteiger partial charge >= 0.3 is 5.97 Å². The fourth-order valence-corrected chi connectivity index (χ4v) is 1.75. The third kappa shape index (κ3) is 2.18. The summed E-state index contributed by atoms with van der Waals surface area (Å²) in [4.78, 5) is 22.2. The van der Waals surface area contributed by atoms with E-state index in [4.69, 9.17) is 4.42 Å². The molecule has 0 aliphatic carbocycles. The second kappa shape index (κ2) is 4.87. The Hall–Kier alpha value is -2.36. The number of ether oxygens (including phenoxy) is 1. The van der Waals surface area contributed by atoms with Crippen LogP contribution < -0.4 is 0 Å². The van der Waals surface area contributed by atoms with E-state index in [1.165, 1.54) is 7.11 Å². The number of rotatable bonds is 3. The topological polar surface area (TPSA) is 56.5 Å². The molecule has 2 rings (SSSR count). The van der Waals surface area contributed by atoms with Gasteiger partial charge in [0.25, 0.3) is 0 Å². The summed E-state index contributed by atoms with van der Waals surface area (Å²) in [6.07, 6.45) is 0.677. The van der Waals surface area contributed by atoms with Crippen LogP contribution in [0.1, 0.15) is 26.7 Å². The van der Waals surface area contributed by atoms with Gasteiger partial charge in [0.15, 0.2) is 12.0 Å². The Balaban J connectivity index is 2.39. The zero-order chi connectivity index (χ0) is 13.1. The van der Waals surface area contributed by atoms with Crippen LogP contribution in [0.15, 0.2) is 34.7 Å². The maximum absolute atomic E-state index is 11.3. The number of aldehydes is 1. The fourth-order valence-electron chi connectivity index (χ4n) is 1.75. The van der Waals surface area contributed by atoms with Crippen LogP contribution in [0.2, 0.25) is 0 Å². The van der Waals surface area contributed by atoms with Crippen LogP contribution in [0, 0.1) is 6.92 Å². The molecule has 1 heterocycles. The summed E-state index contributed by atoms with van der Waals surface area (Å²) < 4.78 is 9.87. The first-order chi connectivity index (χ1) is 8.65. The predicted octanol–water partition coefficient (Wildman–Crippen LogP) is 2.85. The number of hydrogen-bond donors (Lipinski definition) is 0. The van der Waals surface area contributed by atoms with Gasteiger partial charge in [0, 0.05) is 5.56 Å². The van der Waals surface area contributed by atoms with Crippen molar-refractivity contribution in [2.45, 2.75) is 6.92 Å². The highest BCUT2D eigenvalue weighted by Crippen LogP contribution is 2.26. The molecule has 1 aromatic carbocycles. The number of furan rings is 1. The molecule has 0 bridgehead atoms. The van der Waals surface area contributed by atoms with E-state index in [2.05, 4.69) is 4.74 Å². The van der Waals surface area contributed by atoms with Crippen molar-refractivity contribution in [3.63, 3.8) is 0 Å². The maximum atomic E-state index is 11.3.